The molecule has 1 saturated heterocycles. The largest absolute Gasteiger partial charge is 0.494 e. The summed E-state index contributed by atoms with van der Waals surface area (Å²) in [6.07, 6.45) is 1.78. The molecule has 1 heterocycles. The standard InChI is InChI=1S/C17H30N2O6S/c1-16(2,11-24-5)13(18)10-14(20)19-15(21)17(3,4)26(22,23)12-6-8-25-9-7-12/h10,12,18,20H,6-9,11H2,1-5H3,(H,19,21)/b14-10-,18-13?. The van der Waals surface area contributed by atoms with E-state index in [2.05, 4.69) is 5.32 Å². The molecule has 3 N–H and O–H groups in total. The smallest absolute Gasteiger partial charge is 0.247 e. The van der Waals surface area contributed by atoms with E-state index in [4.69, 9.17) is 14.9 Å². The third-order valence-electron chi connectivity index (χ3n) is 4.62. The molecule has 1 aliphatic rings. The van der Waals surface area contributed by atoms with Crippen LogP contribution in [0.3, 0.4) is 0 Å². The highest BCUT2D eigenvalue weighted by molar-refractivity contribution is 7.94. The lowest BCUT2D eigenvalue weighted by molar-refractivity contribution is -0.122. The number of nitrogens with one attached hydrogen (secondary N) is 2. The van der Waals surface area contributed by atoms with E-state index in [0.717, 1.165) is 6.08 Å². The summed E-state index contributed by atoms with van der Waals surface area (Å²) in [5, 5.41) is 19.5. The topological polar surface area (TPSA) is 126 Å². The molecule has 0 spiro atoms. The molecule has 9 heteroatoms. The van der Waals surface area contributed by atoms with Gasteiger partial charge in [0, 0.05) is 37.5 Å². The van der Waals surface area contributed by atoms with Crippen LogP contribution in [0.25, 0.3) is 0 Å². The molecule has 0 aromatic rings. The predicted octanol–water partition coefficient (Wildman–Crippen LogP) is 1.57. The fourth-order valence-electron chi connectivity index (χ4n) is 2.61. The van der Waals surface area contributed by atoms with Crippen LogP contribution in [-0.4, -0.2) is 62.1 Å². The zero-order chi connectivity index (χ0) is 20.2. The highest BCUT2D eigenvalue weighted by Gasteiger charge is 2.46. The molecule has 26 heavy (non-hydrogen) atoms. The van der Waals surface area contributed by atoms with E-state index in [0.29, 0.717) is 26.1 Å². The Morgan fingerprint density at radius 2 is 1.85 bits per heavy atom. The Morgan fingerprint density at radius 1 is 1.31 bits per heavy atom. The maximum absolute atomic E-state index is 12.8. The average molecular weight is 391 g/mol. The molecule has 1 amide bonds. The van der Waals surface area contributed by atoms with E-state index < -0.39 is 37.0 Å². The molecule has 1 aliphatic heterocycles. The van der Waals surface area contributed by atoms with Crippen LogP contribution in [0.2, 0.25) is 0 Å². The van der Waals surface area contributed by atoms with Gasteiger partial charge in [-0.2, -0.15) is 0 Å². The first-order valence-electron chi connectivity index (χ1n) is 8.47. The second-order valence-corrected chi connectivity index (χ2v) is 10.4. The Morgan fingerprint density at radius 3 is 2.35 bits per heavy atom. The van der Waals surface area contributed by atoms with Gasteiger partial charge in [-0.15, -0.1) is 0 Å². The summed E-state index contributed by atoms with van der Waals surface area (Å²) >= 11 is 0. The van der Waals surface area contributed by atoms with Crippen molar-refractivity contribution in [3.63, 3.8) is 0 Å². The second-order valence-electron chi connectivity index (χ2n) is 7.58. The van der Waals surface area contributed by atoms with Crippen LogP contribution in [0.15, 0.2) is 12.0 Å². The van der Waals surface area contributed by atoms with Crippen molar-refractivity contribution in [2.45, 2.75) is 50.5 Å². The Bertz CT molecular complexity index is 661. The molecular weight excluding hydrogens is 360 g/mol. The van der Waals surface area contributed by atoms with E-state index in [1.54, 1.807) is 13.8 Å². The van der Waals surface area contributed by atoms with Crippen LogP contribution < -0.4 is 5.32 Å². The molecule has 1 fully saturated rings. The molecule has 1 rings (SSSR count). The number of methoxy groups -OCH3 is 1. The van der Waals surface area contributed by atoms with Crippen LogP contribution in [0, 0.1) is 10.8 Å². The average Bonchev–Trinajstić information content (AvgIpc) is 2.55. The number of aliphatic hydroxyl groups excluding tert-OH is 1. The summed E-state index contributed by atoms with van der Waals surface area (Å²) in [6, 6.07) is 0. The van der Waals surface area contributed by atoms with Crippen molar-refractivity contribution >= 4 is 21.5 Å². The molecule has 150 valence electrons. The third kappa shape index (κ3) is 5.05. The van der Waals surface area contributed by atoms with Crippen LogP contribution in [0.4, 0.5) is 0 Å². The first-order valence-corrected chi connectivity index (χ1v) is 10.0. The first kappa shape index (κ1) is 22.6. The zero-order valence-corrected chi connectivity index (χ0v) is 16.9. The number of hydrogen-bond donors (Lipinski definition) is 3. The zero-order valence-electron chi connectivity index (χ0n) is 16.1. The van der Waals surface area contributed by atoms with Gasteiger partial charge in [0.1, 0.15) is 4.75 Å². The minimum atomic E-state index is -3.78. The molecule has 0 saturated carbocycles. The van der Waals surface area contributed by atoms with Gasteiger partial charge in [0.05, 0.1) is 11.9 Å². The van der Waals surface area contributed by atoms with E-state index in [1.165, 1.54) is 21.0 Å². The number of sulfone groups is 1. The maximum atomic E-state index is 12.8. The molecule has 0 bridgehead atoms. The molecule has 0 unspecified atom stereocenters. The SMILES string of the molecule is COCC(C)(C)C(=N)/C=C(\O)NC(=O)C(C)(C)S(=O)(=O)C1CCOCC1. The monoisotopic (exact) mass is 390 g/mol. The minimum absolute atomic E-state index is 0.0437. The lowest BCUT2D eigenvalue weighted by Crippen LogP contribution is -2.52. The van der Waals surface area contributed by atoms with E-state index in [1.807, 2.05) is 0 Å². The summed E-state index contributed by atoms with van der Waals surface area (Å²) in [5.74, 6) is -1.41. The Labute approximate surface area is 155 Å². The Balaban J connectivity index is 2.90. The van der Waals surface area contributed by atoms with Gasteiger partial charge in [0.2, 0.25) is 5.91 Å². The number of carbonyl (C=O) groups excluding carboxylic acids is 1. The van der Waals surface area contributed by atoms with Gasteiger partial charge in [0.25, 0.3) is 0 Å². The molecular formula is C17H30N2O6S. The molecule has 0 radical (unpaired) electrons. The van der Waals surface area contributed by atoms with Gasteiger partial charge in [-0.1, -0.05) is 13.8 Å². The number of allylic oxidation sites excluding steroid dienone is 1. The number of aliphatic hydroxyl groups is 1. The fourth-order valence-corrected chi connectivity index (χ4v) is 4.56. The van der Waals surface area contributed by atoms with Gasteiger partial charge >= 0.3 is 0 Å². The third-order valence-corrected chi connectivity index (χ3v) is 7.58. The molecule has 0 aromatic heterocycles. The summed E-state index contributed by atoms with van der Waals surface area (Å²) in [6.45, 7) is 7.10. The Hall–Kier alpha value is -1.45. The maximum Gasteiger partial charge on any atom is 0.247 e. The van der Waals surface area contributed by atoms with Crippen molar-refractivity contribution in [1.29, 1.82) is 5.41 Å². The number of amides is 1. The van der Waals surface area contributed by atoms with Crippen LogP contribution in [-0.2, 0) is 24.1 Å². The van der Waals surface area contributed by atoms with Crippen molar-refractivity contribution in [2.75, 3.05) is 26.9 Å². The van der Waals surface area contributed by atoms with Crippen molar-refractivity contribution < 1.29 is 27.8 Å². The van der Waals surface area contributed by atoms with Gasteiger partial charge in [-0.05, 0) is 26.7 Å². The number of ether oxygens (including phenoxy) is 2. The summed E-state index contributed by atoms with van der Waals surface area (Å²) < 4.78 is 34.1. The fraction of sp³-hybridized carbons (Fsp3) is 0.765. The van der Waals surface area contributed by atoms with Crippen molar-refractivity contribution in [3.8, 4) is 0 Å². The summed E-state index contributed by atoms with van der Waals surface area (Å²) in [7, 11) is -2.27. The van der Waals surface area contributed by atoms with Crippen molar-refractivity contribution in [2.24, 2.45) is 5.41 Å². The van der Waals surface area contributed by atoms with Crippen LogP contribution in [0.1, 0.15) is 40.5 Å². The summed E-state index contributed by atoms with van der Waals surface area (Å²) in [5.41, 5.74) is -0.626. The van der Waals surface area contributed by atoms with Crippen molar-refractivity contribution in [3.05, 3.63) is 12.0 Å². The van der Waals surface area contributed by atoms with Gasteiger partial charge in [0.15, 0.2) is 15.7 Å². The van der Waals surface area contributed by atoms with E-state index >= 15 is 0 Å². The number of hydrogen-bond acceptors (Lipinski definition) is 7. The van der Waals surface area contributed by atoms with Crippen LogP contribution in [0.5, 0.6) is 0 Å². The molecule has 0 atom stereocenters. The van der Waals surface area contributed by atoms with Gasteiger partial charge in [-0.3, -0.25) is 10.1 Å². The lowest BCUT2D eigenvalue weighted by atomic mass is 9.88. The molecule has 8 nitrogen and oxygen atoms in total. The quantitative estimate of drug-likeness (QED) is 0.427. The van der Waals surface area contributed by atoms with E-state index in [9.17, 15) is 18.3 Å². The van der Waals surface area contributed by atoms with Crippen molar-refractivity contribution in [1.82, 2.24) is 5.32 Å². The first-order chi connectivity index (χ1) is 11.9. The van der Waals surface area contributed by atoms with Gasteiger partial charge in [-0.25, -0.2) is 8.42 Å². The minimum Gasteiger partial charge on any atom is -0.494 e. The summed E-state index contributed by atoms with van der Waals surface area (Å²) in [4.78, 5) is 12.5. The molecule has 0 aromatic carbocycles. The van der Waals surface area contributed by atoms with Gasteiger partial charge < -0.3 is 20.0 Å². The normalized spacial score (nSPS) is 17.8. The Kier molecular flexibility index (Phi) is 7.38. The number of rotatable bonds is 8. The molecule has 0 aliphatic carbocycles. The highest BCUT2D eigenvalue weighted by atomic mass is 32.2. The number of carbonyl (C=O) groups is 1. The lowest BCUT2D eigenvalue weighted by Gasteiger charge is -2.31. The van der Waals surface area contributed by atoms with Crippen LogP contribution >= 0.6 is 0 Å². The van der Waals surface area contributed by atoms with E-state index in [-0.39, 0.29) is 12.3 Å². The highest BCUT2D eigenvalue weighted by Crippen LogP contribution is 2.28. The second kappa shape index (κ2) is 8.49. The predicted molar refractivity (Wildman–Crippen MR) is 99.1 cm³/mol.